The number of methoxy groups -OCH3 is 1. The average Bonchev–Trinajstić information content (AvgIpc) is 3.73. The van der Waals surface area contributed by atoms with Crippen molar-refractivity contribution in [1.29, 1.82) is 0 Å². The Bertz CT molecular complexity index is 3080. The summed E-state index contributed by atoms with van der Waals surface area (Å²) in [6.45, 7) is 8.52. The lowest BCUT2D eigenvalue weighted by Gasteiger charge is -2.39. The summed E-state index contributed by atoms with van der Waals surface area (Å²) in [5.74, 6) is 1.99. The number of carbonyl (C=O) groups is 1. The lowest BCUT2D eigenvalue weighted by Crippen LogP contribution is -2.36. The number of hydrogen-bond donors (Lipinski definition) is 0. The van der Waals surface area contributed by atoms with E-state index in [1.807, 2.05) is 49.4 Å². The van der Waals surface area contributed by atoms with Crippen molar-refractivity contribution < 1.29 is 23.4 Å². The molecule has 11 rings (SSSR count). The van der Waals surface area contributed by atoms with E-state index in [-0.39, 0.29) is 5.82 Å². The summed E-state index contributed by atoms with van der Waals surface area (Å²) in [5, 5.41) is 1.79. The van der Waals surface area contributed by atoms with E-state index in [2.05, 4.69) is 110 Å². The van der Waals surface area contributed by atoms with E-state index in [1.54, 1.807) is 7.11 Å². The predicted octanol–water partition coefficient (Wildman–Crippen LogP) is 16.6. The zero-order chi connectivity index (χ0) is 48.7. The van der Waals surface area contributed by atoms with Crippen LogP contribution in [-0.4, -0.2) is 26.2 Å². The highest BCUT2D eigenvalue weighted by molar-refractivity contribution is 6.09. The number of unbranched alkanes of at least 4 members (excludes halogenated alkanes) is 2. The van der Waals surface area contributed by atoms with Gasteiger partial charge >= 0.3 is 5.97 Å². The van der Waals surface area contributed by atoms with E-state index in [9.17, 15) is 9.18 Å². The van der Waals surface area contributed by atoms with Crippen LogP contribution in [0.1, 0.15) is 146 Å². The van der Waals surface area contributed by atoms with Gasteiger partial charge in [-0.3, -0.25) is 0 Å². The maximum atomic E-state index is 14.7. The summed E-state index contributed by atoms with van der Waals surface area (Å²) in [7, 11) is 1.79. The highest BCUT2D eigenvalue weighted by atomic mass is 19.1. The first-order valence-corrected chi connectivity index (χ1v) is 26.5. The van der Waals surface area contributed by atoms with Crippen molar-refractivity contribution in [3.63, 3.8) is 0 Å². The van der Waals surface area contributed by atoms with Crippen LogP contribution in [0, 0.1) is 18.7 Å². The number of anilines is 1. The molecule has 1 saturated carbocycles. The number of carbonyl (C=O) groups excluding carboxylic acids is 1. The van der Waals surface area contributed by atoms with E-state index in [4.69, 9.17) is 14.2 Å². The second-order valence-corrected chi connectivity index (χ2v) is 20.7. The molecule has 2 heterocycles. The van der Waals surface area contributed by atoms with Crippen molar-refractivity contribution in [2.75, 3.05) is 25.1 Å². The third kappa shape index (κ3) is 8.46. The molecule has 362 valence electrons. The molecule has 0 spiro atoms. The third-order valence-corrected chi connectivity index (χ3v) is 16.6. The molecular weight excluding hydrogens is 878 g/mol. The van der Waals surface area contributed by atoms with Crippen LogP contribution in [-0.2, 0) is 15.9 Å². The van der Waals surface area contributed by atoms with Crippen molar-refractivity contribution in [2.45, 2.75) is 115 Å². The lowest BCUT2D eigenvalue weighted by molar-refractivity contribution is 0.0219. The van der Waals surface area contributed by atoms with Gasteiger partial charge in [-0.2, -0.15) is 0 Å². The van der Waals surface area contributed by atoms with Gasteiger partial charge in [-0.05, 0) is 169 Å². The largest absolute Gasteiger partial charge is 0.472 e. The summed E-state index contributed by atoms with van der Waals surface area (Å²) in [6, 6.07) is 44.8. The van der Waals surface area contributed by atoms with Gasteiger partial charge in [0.2, 0.25) is 0 Å². The Morgan fingerprint density at radius 2 is 1.44 bits per heavy atom. The van der Waals surface area contributed by atoms with E-state index >= 15 is 0 Å². The van der Waals surface area contributed by atoms with Crippen molar-refractivity contribution in [1.82, 2.24) is 0 Å². The predicted molar refractivity (Wildman–Crippen MR) is 287 cm³/mol. The maximum absolute atomic E-state index is 14.7. The van der Waals surface area contributed by atoms with Crippen LogP contribution >= 0.6 is 0 Å². The monoisotopic (exact) mass is 943 g/mol. The van der Waals surface area contributed by atoms with Gasteiger partial charge in [0.05, 0.1) is 5.56 Å². The topological polar surface area (TPSA) is 48.0 Å². The molecule has 6 heteroatoms. The number of aryl methyl sites for hydroxylation is 1. The second kappa shape index (κ2) is 19.6. The molecule has 0 bridgehead atoms. The third-order valence-electron chi connectivity index (χ3n) is 16.6. The van der Waals surface area contributed by atoms with Crippen LogP contribution in [0.2, 0.25) is 0 Å². The number of ether oxygens (including phenoxy) is 3. The molecule has 2 atom stereocenters. The van der Waals surface area contributed by atoms with Gasteiger partial charge in [0, 0.05) is 53.5 Å². The first-order chi connectivity index (χ1) is 34.7. The summed E-state index contributed by atoms with van der Waals surface area (Å²) in [4.78, 5) is 16.6. The molecule has 5 nitrogen and oxygen atoms in total. The highest BCUT2D eigenvalue weighted by Crippen LogP contribution is 2.60. The minimum atomic E-state index is -1.09. The molecule has 2 aliphatic carbocycles. The Hall–Kier alpha value is -6.50. The van der Waals surface area contributed by atoms with Crippen LogP contribution in [0.3, 0.4) is 0 Å². The van der Waals surface area contributed by atoms with Crippen LogP contribution in [0.25, 0.3) is 39.1 Å². The number of rotatable bonds is 13. The average molecular weight is 944 g/mol. The molecule has 4 aliphatic rings. The van der Waals surface area contributed by atoms with Crippen molar-refractivity contribution in [3.05, 3.63) is 190 Å². The fourth-order valence-electron chi connectivity index (χ4n) is 12.6. The van der Waals surface area contributed by atoms with Gasteiger partial charge in [-0.25, -0.2) is 9.18 Å². The molecule has 71 heavy (non-hydrogen) atoms. The molecule has 7 aromatic rings. The molecule has 0 aromatic heterocycles. The summed E-state index contributed by atoms with van der Waals surface area (Å²) in [5.41, 5.74) is 11.2. The summed E-state index contributed by atoms with van der Waals surface area (Å²) in [6.07, 6.45) is 19.3. The SMILES string of the molecule is CCCCCC1CCC(c2ccc(-c3ccc(C(=O)Oc4cc5c6c(c7c(c5cc4C)OC(c4ccc(F)cc4)(c4ccc(N5CCCCC5)cc4)C=C7)C(CC)(OC)c4ccccc4-6)cc3)cc2)CC1. The number of fused-ring (bicyclic) bond motifs is 8. The van der Waals surface area contributed by atoms with Gasteiger partial charge in [-0.1, -0.05) is 131 Å². The van der Waals surface area contributed by atoms with E-state index in [1.165, 1.54) is 94.0 Å². The van der Waals surface area contributed by atoms with Gasteiger partial charge in [0.25, 0.3) is 0 Å². The zero-order valence-corrected chi connectivity index (χ0v) is 41.9. The van der Waals surface area contributed by atoms with Gasteiger partial charge < -0.3 is 19.1 Å². The molecule has 0 amide bonds. The summed E-state index contributed by atoms with van der Waals surface area (Å²) >= 11 is 0. The number of nitrogens with zero attached hydrogens (tertiary/aromatic N) is 1. The molecule has 0 radical (unpaired) electrons. The van der Waals surface area contributed by atoms with E-state index < -0.39 is 17.2 Å². The Kier molecular flexibility index (Phi) is 12.9. The molecule has 1 saturated heterocycles. The van der Waals surface area contributed by atoms with Crippen molar-refractivity contribution in [2.24, 2.45) is 5.92 Å². The normalized spacial score (nSPS) is 21.3. The van der Waals surface area contributed by atoms with Crippen LogP contribution in [0.5, 0.6) is 11.5 Å². The van der Waals surface area contributed by atoms with Crippen LogP contribution in [0.15, 0.2) is 140 Å². The number of esters is 1. The second-order valence-electron chi connectivity index (χ2n) is 20.7. The quantitative estimate of drug-likeness (QED) is 0.0655. The standard InChI is InChI=1S/C65H66FNO4/c1-5-7-9-14-44-17-19-45(20-18-44)46-21-23-47(24-22-46)48-25-27-49(28-26-48)63(68)70-59-42-56-57(41-43(59)3)62-55(61-60(56)54-15-10-11-16-58(54)64(61,6-2)69-4)37-38-65(71-62,50-29-33-52(66)34-30-50)51-31-35-53(36-32-51)67-39-12-8-13-40-67/h10-11,15-16,21-38,41-42,44-45H,5-9,12-14,17-20,39-40H2,1-4H3. The summed E-state index contributed by atoms with van der Waals surface area (Å²) < 4.78 is 35.3. The fraction of sp³-hybridized carbons (Fsp3) is 0.338. The Balaban J connectivity index is 0.938. The van der Waals surface area contributed by atoms with Gasteiger partial charge in [0.15, 0.2) is 5.60 Å². The molecule has 2 fully saturated rings. The first kappa shape index (κ1) is 46.9. The van der Waals surface area contributed by atoms with Gasteiger partial charge in [-0.15, -0.1) is 0 Å². The van der Waals surface area contributed by atoms with Crippen molar-refractivity contribution in [3.8, 4) is 33.8 Å². The van der Waals surface area contributed by atoms with Gasteiger partial charge in [0.1, 0.15) is 22.9 Å². The maximum Gasteiger partial charge on any atom is 0.343 e. The number of benzene rings is 7. The minimum absolute atomic E-state index is 0.308. The number of piperidine rings is 1. The molecule has 2 aliphatic heterocycles. The first-order valence-electron chi connectivity index (χ1n) is 26.5. The smallest absolute Gasteiger partial charge is 0.343 e. The van der Waals surface area contributed by atoms with Crippen LogP contribution < -0.4 is 14.4 Å². The Morgan fingerprint density at radius 1 is 0.761 bits per heavy atom. The van der Waals surface area contributed by atoms with Crippen LogP contribution in [0.4, 0.5) is 10.1 Å². The molecule has 2 unspecified atom stereocenters. The Morgan fingerprint density at radius 3 is 2.11 bits per heavy atom. The molecular formula is C65H66FNO4. The Labute approximate surface area is 419 Å². The lowest BCUT2D eigenvalue weighted by atomic mass is 9.77. The fourth-order valence-corrected chi connectivity index (χ4v) is 12.6. The highest BCUT2D eigenvalue weighted by Gasteiger charge is 2.48. The zero-order valence-electron chi connectivity index (χ0n) is 41.9. The van der Waals surface area contributed by atoms with Crippen molar-refractivity contribution >= 4 is 28.5 Å². The number of hydrogen-bond acceptors (Lipinski definition) is 5. The molecule has 7 aromatic carbocycles. The molecule has 0 N–H and O–H groups in total. The minimum Gasteiger partial charge on any atom is -0.472 e. The van der Waals surface area contributed by atoms with E-state index in [0.717, 1.165) is 85.4 Å². The number of halogens is 1. The van der Waals surface area contributed by atoms with E-state index in [0.29, 0.717) is 29.4 Å².